The second-order valence-electron chi connectivity index (χ2n) is 5.20. The molecule has 4 N–H and O–H groups in total. The summed E-state index contributed by atoms with van der Waals surface area (Å²) < 4.78 is 5.18. The Hall–Kier alpha value is -1.79. The molecule has 1 amide bonds. The molecule has 0 saturated carbocycles. The minimum Gasteiger partial charge on any atom is -0.494 e. The minimum absolute atomic E-state index is 0.0815. The van der Waals surface area contributed by atoms with Crippen molar-refractivity contribution >= 4 is 17.3 Å². The van der Waals surface area contributed by atoms with Crippen LogP contribution in [0.15, 0.2) is 18.2 Å². The van der Waals surface area contributed by atoms with Crippen LogP contribution < -0.4 is 15.8 Å². The number of hydrogen-bond acceptors (Lipinski definition) is 5. The zero-order valence-corrected chi connectivity index (χ0v) is 12.9. The van der Waals surface area contributed by atoms with E-state index < -0.39 is 0 Å². The van der Waals surface area contributed by atoms with Gasteiger partial charge in [0.05, 0.1) is 18.9 Å². The van der Waals surface area contributed by atoms with Crippen LogP contribution in [0.5, 0.6) is 5.75 Å². The van der Waals surface area contributed by atoms with E-state index in [-0.39, 0.29) is 12.0 Å². The molecule has 1 aromatic rings. The number of anilines is 2. The van der Waals surface area contributed by atoms with Gasteiger partial charge in [0.2, 0.25) is 5.91 Å². The summed E-state index contributed by atoms with van der Waals surface area (Å²) in [6, 6.07) is 5.11. The summed E-state index contributed by atoms with van der Waals surface area (Å²) in [5.41, 5.74) is 6.87. The molecule has 0 radical (unpaired) electrons. The van der Waals surface area contributed by atoms with Crippen LogP contribution in [0.4, 0.5) is 11.4 Å². The maximum Gasteiger partial charge on any atom is 0.225 e. The van der Waals surface area contributed by atoms with E-state index in [4.69, 9.17) is 10.5 Å². The summed E-state index contributed by atoms with van der Waals surface area (Å²) in [7, 11) is 3.47. The molecule has 0 heterocycles. The van der Waals surface area contributed by atoms with Crippen molar-refractivity contribution in [3.8, 4) is 5.75 Å². The van der Waals surface area contributed by atoms with Crippen molar-refractivity contribution in [2.24, 2.45) is 0 Å². The minimum atomic E-state index is -0.319. The maximum atomic E-state index is 11.9. The number of benzene rings is 1. The molecule has 0 bridgehead atoms. The number of nitrogens with two attached hydrogens (primary N) is 1. The Morgan fingerprint density at radius 3 is 2.81 bits per heavy atom. The van der Waals surface area contributed by atoms with Gasteiger partial charge in [0.15, 0.2) is 0 Å². The van der Waals surface area contributed by atoms with Gasteiger partial charge in [-0.1, -0.05) is 0 Å². The van der Waals surface area contributed by atoms with Crippen molar-refractivity contribution in [2.75, 3.05) is 38.3 Å². The molecule has 1 rings (SSSR count). The average Bonchev–Trinajstić information content (AvgIpc) is 2.44. The summed E-state index contributed by atoms with van der Waals surface area (Å²) in [5, 5.41) is 12.0. The van der Waals surface area contributed by atoms with Crippen LogP contribution in [0.2, 0.25) is 0 Å². The Kier molecular flexibility index (Phi) is 6.98. The molecule has 118 valence electrons. The average molecular weight is 295 g/mol. The van der Waals surface area contributed by atoms with E-state index in [1.807, 2.05) is 11.9 Å². The van der Waals surface area contributed by atoms with Gasteiger partial charge in [-0.05, 0) is 32.5 Å². The summed E-state index contributed by atoms with van der Waals surface area (Å²) >= 11 is 0. The topological polar surface area (TPSA) is 87.8 Å². The first-order chi connectivity index (χ1) is 9.92. The van der Waals surface area contributed by atoms with Crippen molar-refractivity contribution in [2.45, 2.75) is 25.9 Å². The first-order valence-electron chi connectivity index (χ1n) is 7.02. The summed E-state index contributed by atoms with van der Waals surface area (Å²) in [6.45, 7) is 3.15. The third-order valence-corrected chi connectivity index (χ3v) is 3.15. The normalized spacial score (nSPS) is 12.2. The van der Waals surface area contributed by atoms with Gasteiger partial charge in [-0.2, -0.15) is 0 Å². The lowest BCUT2D eigenvalue weighted by molar-refractivity contribution is -0.116. The summed E-state index contributed by atoms with van der Waals surface area (Å²) in [6.07, 6.45) is 0.758. The fourth-order valence-electron chi connectivity index (χ4n) is 1.84. The molecule has 1 atom stereocenters. The number of ether oxygens (including phenoxy) is 1. The van der Waals surface area contributed by atoms with E-state index in [0.717, 1.165) is 6.54 Å². The molecule has 0 aliphatic carbocycles. The highest BCUT2D eigenvalue weighted by atomic mass is 16.5. The number of amides is 1. The second-order valence-corrected chi connectivity index (χ2v) is 5.20. The Bertz CT molecular complexity index is 463. The lowest BCUT2D eigenvalue weighted by Crippen LogP contribution is -2.27. The number of nitrogens with zero attached hydrogens (tertiary/aromatic N) is 1. The predicted octanol–water partition coefficient (Wildman–Crippen LogP) is 1.31. The molecular weight excluding hydrogens is 270 g/mol. The van der Waals surface area contributed by atoms with Crippen LogP contribution >= 0.6 is 0 Å². The quantitative estimate of drug-likeness (QED) is 0.629. The van der Waals surface area contributed by atoms with Crippen molar-refractivity contribution < 1.29 is 14.6 Å². The Labute approximate surface area is 125 Å². The van der Waals surface area contributed by atoms with Crippen molar-refractivity contribution in [1.29, 1.82) is 0 Å². The number of nitrogens with one attached hydrogen (secondary N) is 1. The highest BCUT2D eigenvalue weighted by Crippen LogP contribution is 2.26. The van der Waals surface area contributed by atoms with E-state index in [1.54, 1.807) is 25.1 Å². The fraction of sp³-hybridized carbons (Fsp3) is 0.533. The molecule has 0 aromatic heterocycles. The molecule has 0 aliphatic heterocycles. The Balaban J connectivity index is 2.43. The molecule has 6 heteroatoms. The van der Waals surface area contributed by atoms with Gasteiger partial charge in [-0.25, -0.2) is 0 Å². The number of rotatable bonds is 8. The number of nitrogen functional groups attached to an aromatic ring is 1. The van der Waals surface area contributed by atoms with E-state index in [0.29, 0.717) is 36.5 Å². The monoisotopic (exact) mass is 295 g/mol. The highest BCUT2D eigenvalue weighted by Gasteiger charge is 2.09. The third-order valence-electron chi connectivity index (χ3n) is 3.15. The van der Waals surface area contributed by atoms with Crippen LogP contribution in [-0.4, -0.2) is 49.3 Å². The van der Waals surface area contributed by atoms with Crippen molar-refractivity contribution in [1.82, 2.24) is 4.90 Å². The zero-order chi connectivity index (χ0) is 15.8. The van der Waals surface area contributed by atoms with Crippen LogP contribution in [0, 0.1) is 0 Å². The first kappa shape index (κ1) is 17.3. The number of aliphatic hydroxyl groups is 1. The molecule has 6 nitrogen and oxygen atoms in total. The van der Waals surface area contributed by atoms with Crippen LogP contribution in [-0.2, 0) is 4.79 Å². The van der Waals surface area contributed by atoms with Crippen molar-refractivity contribution in [3.63, 3.8) is 0 Å². The van der Waals surface area contributed by atoms with Gasteiger partial charge in [0, 0.05) is 31.3 Å². The predicted molar refractivity (Wildman–Crippen MR) is 84.4 cm³/mol. The molecule has 0 saturated heterocycles. The molecule has 1 unspecified atom stereocenters. The Morgan fingerprint density at radius 1 is 1.48 bits per heavy atom. The van der Waals surface area contributed by atoms with Gasteiger partial charge in [-0.15, -0.1) is 0 Å². The maximum absolute atomic E-state index is 11.9. The lowest BCUT2D eigenvalue weighted by Gasteiger charge is -2.17. The highest BCUT2D eigenvalue weighted by molar-refractivity contribution is 5.92. The zero-order valence-electron chi connectivity index (χ0n) is 12.9. The number of carbonyl (C=O) groups excluding carboxylic acids is 1. The van der Waals surface area contributed by atoms with Gasteiger partial charge in [0.1, 0.15) is 5.75 Å². The van der Waals surface area contributed by atoms with Crippen LogP contribution in [0.25, 0.3) is 0 Å². The van der Waals surface area contributed by atoms with Gasteiger partial charge in [0.25, 0.3) is 0 Å². The smallest absolute Gasteiger partial charge is 0.225 e. The molecule has 0 spiro atoms. The first-order valence-corrected chi connectivity index (χ1v) is 7.02. The van der Waals surface area contributed by atoms with Gasteiger partial charge < -0.3 is 25.8 Å². The van der Waals surface area contributed by atoms with Gasteiger partial charge >= 0.3 is 0 Å². The molecule has 1 aromatic carbocycles. The standard InChI is InChI=1S/C15H25N3O3/c1-11(19)6-8-18(2)9-7-15(20)17-13-5-4-12(16)10-14(13)21-3/h4-5,10-11,19H,6-9,16H2,1-3H3,(H,17,20). The Morgan fingerprint density at radius 2 is 2.19 bits per heavy atom. The van der Waals surface area contributed by atoms with E-state index >= 15 is 0 Å². The SMILES string of the molecule is COc1cc(N)ccc1NC(=O)CCN(C)CCC(C)O. The number of hydrogen-bond donors (Lipinski definition) is 3. The summed E-state index contributed by atoms with van der Waals surface area (Å²) in [5.74, 6) is 0.466. The molecular formula is C15H25N3O3. The number of aliphatic hydroxyl groups excluding tert-OH is 1. The van der Waals surface area contributed by atoms with E-state index in [1.165, 1.54) is 7.11 Å². The summed E-state index contributed by atoms with van der Waals surface area (Å²) in [4.78, 5) is 14.0. The van der Waals surface area contributed by atoms with Gasteiger partial charge in [-0.3, -0.25) is 4.79 Å². The van der Waals surface area contributed by atoms with Crippen LogP contribution in [0.1, 0.15) is 19.8 Å². The second kappa shape index (κ2) is 8.49. The number of carbonyl (C=O) groups is 1. The van der Waals surface area contributed by atoms with Crippen LogP contribution in [0.3, 0.4) is 0 Å². The van der Waals surface area contributed by atoms with Crippen molar-refractivity contribution in [3.05, 3.63) is 18.2 Å². The number of methoxy groups -OCH3 is 1. The molecule has 0 fully saturated rings. The lowest BCUT2D eigenvalue weighted by atomic mass is 10.2. The molecule has 21 heavy (non-hydrogen) atoms. The van der Waals surface area contributed by atoms with E-state index in [9.17, 15) is 9.90 Å². The fourth-order valence-corrected chi connectivity index (χ4v) is 1.84. The largest absolute Gasteiger partial charge is 0.494 e. The third kappa shape index (κ3) is 6.46. The van der Waals surface area contributed by atoms with E-state index in [2.05, 4.69) is 5.32 Å². The molecule has 0 aliphatic rings.